The number of aryl methyl sites for hydroxylation is 1. The summed E-state index contributed by atoms with van der Waals surface area (Å²) in [4.78, 5) is 40.2. The number of rotatable bonds is 5. The van der Waals surface area contributed by atoms with Crippen molar-refractivity contribution in [2.45, 2.75) is 37.9 Å². The molecule has 138 valence electrons. The summed E-state index contributed by atoms with van der Waals surface area (Å²) in [5, 5.41) is 20.2. The molecule has 0 saturated carbocycles. The first-order chi connectivity index (χ1) is 11.7. The van der Waals surface area contributed by atoms with E-state index in [1.54, 1.807) is 6.92 Å². The summed E-state index contributed by atoms with van der Waals surface area (Å²) in [7, 11) is -4.75. The molecule has 0 radical (unpaired) electrons. The van der Waals surface area contributed by atoms with E-state index in [1.807, 2.05) is 0 Å². The molecule has 3 rings (SSSR count). The van der Waals surface area contributed by atoms with E-state index >= 15 is 0 Å². The van der Waals surface area contributed by atoms with Gasteiger partial charge < -0.3 is 29.7 Å². The van der Waals surface area contributed by atoms with Gasteiger partial charge >= 0.3 is 7.82 Å². The van der Waals surface area contributed by atoms with E-state index in [-0.39, 0.29) is 11.2 Å². The van der Waals surface area contributed by atoms with E-state index in [0.29, 0.717) is 12.2 Å². The second-order valence-corrected chi connectivity index (χ2v) is 6.76. The van der Waals surface area contributed by atoms with Crippen LogP contribution in [0.5, 0.6) is 0 Å². The number of aromatic amines is 1. The van der Waals surface area contributed by atoms with Crippen LogP contribution in [0, 0.1) is 0 Å². The molecule has 4 atom stereocenters. The van der Waals surface area contributed by atoms with Gasteiger partial charge in [0.2, 0.25) is 0 Å². The van der Waals surface area contributed by atoms with E-state index in [0.717, 1.165) is 0 Å². The normalized spacial score (nSPS) is 27.2. The molecule has 25 heavy (non-hydrogen) atoms. The Morgan fingerprint density at radius 1 is 1.40 bits per heavy atom. The van der Waals surface area contributed by atoms with E-state index < -0.39 is 44.5 Å². The monoisotopic (exact) mass is 376 g/mol. The first-order valence-corrected chi connectivity index (χ1v) is 8.91. The molecule has 1 aliphatic heterocycles. The highest BCUT2D eigenvalue weighted by Crippen LogP contribution is 2.38. The number of hydrogen-bond donors (Lipinski definition) is 5. The molecule has 0 aromatic carbocycles. The van der Waals surface area contributed by atoms with Gasteiger partial charge in [-0.3, -0.25) is 13.9 Å². The first-order valence-electron chi connectivity index (χ1n) is 7.38. The number of imidazole rings is 1. The summed E-state index contributed by atoms with van der Waals surface area (Å²) in [5.41, 5.74) is -0.249. The quantitative estimate of drug-likeness (QED) is 0.382. The number of aromatic nitrogens is 4. The van der Waals surface area contributed by atoms with Crippen molar-refractivity contribution in [3.05, 3.63) is 22.5 Å². The number of aliphatic hydroxyl groups excluding tert-OH is 2. The third-order valence-corrected chi connectivity index (χ3v) is 4.32. The first kappa shape index (κ1) is 18.1. The van der Waals surface area contributed by atoms with Gasteiger partial charge in [0.15, 0.2) is 17.4 Å². The van der Waals surface area contributed by atoms with Gasteiger partial charge in [-0.15, -0.1) is 0 Å². The van der Waals surface area contributed by atoms with Crippen LogP contribution in [0.1, 0.15) is 19.0 Å². The molecule has 12 nitrogen and oxygen atoms in total. The molecular formula is C12H17N4O8P. The van der Waals surface area contributed by atoms with E-state index in [1.165, 1.54) is 10.9 Å². The van der Waals surface area contributed by atoms with Crippen LogP contribution in [0.15, 0.2) is 11.1 Å². The fraction of sp³-hybridized carbons (Fsp3) is 0.583. The molecule has 1 aliphatic rings. The van der Waals surface area contributed by atoms with Crippen molar-refractivity contribution in [1.82, 2.24) is 19.5 Å². The molecule has 13 heteroatoms. The Kier molecular flexibility index (Phi) is 4.77. The Bertz CT molecular complexity index is 876. The summed E-state index contributed by atoms with van der Waals surface area (Å²) in [6.45, 7) is 1.17. The number of ether oxygens (including phenoxy) is 1. The summed E-state index contributed by atoms with van der Waals surface area (Å²) < 4.78 is 21.8. The highest BCUT2D eigenvalue weighted by Gasteiger charge is 2.45. The van der Waals surface area contributed by atoms with Gasteiger partial charge in [0.1, 0.15) is 24.1 Å². The van der Waals surface area contributed by atoms with Gasteiger partial charge in [-0.2, -0.15) is 0 Å². The summed E-state index contributed by atoms with van der Waals surface area (Å²) >= 11 is 0. The standard InChI is InChI=1S/C12H17N4O8P/c1-2-6-14-10-7(11(19)15-6)13-4-16(10)12-9(18)8(17)5(24-12)3-23-25(20,21)22/h4-5,8-9,12,17-18H,2-3H2,1H3,(H,14,15,19)(H2,20,21,22)/t5-,8-,9-,12-/m1/s1. The van der Waals surface area contributed by atoms with Crippen molar-refractivity contribution >= 4 is 19.0 Å². The number of H-pyrrole nitrogens is 1. The molecule has 1 fully saturated rings. The molecule has 2 aromatic rings. The molecule has 0 unspecified atom stereocenters. The Morgan fingerprint density at radius 3 is 2.76 bits per heavy atom. The summed E-state index contributed by atoms with van der Waals surface area (Å²) in [5.74, 6) is 0.411. The Balaban J connectivity index is 1.91. The number of phosphoric ester groups is 1. The maximum atomic E-state index is 12.0. The van der Waals surface area contributed by atoms with Crippen LogP contribution in [0.4, 0.5) is 0 Å². The third kappa shape index (κ3) is 3.51. The van der Waals surface area contributed by atoms with E-state index in [2.05, 4.69) is 19.5 Å². The van der Waals surface area contributed by atoms with Crippen LogP contribution in [0.2, 0.25) is 0 Å². The summed E-state index contributed by atoms with van der Waals surface area (Å²) in [6, 6.07) is 0. The minimum absolute atomic E-state index is 0.0393. The Hall–Kier alpha value is -1.66. The average Bonchev–Trinajstić information content (AvgIpc) is 3.08. The van der Waals surface area contributed by atoms with Crippen molar-refractivity contribution < 1.29 is 33.8 Å². The maximum Gasteiger partial charge on any atom is 0.469 e. The molecule has 0 aliphatic carbocycles. The largest absolute Gasteiger partial charge is 0.469 e. The lowest BCUT2D eigenvalue weighted by atomic mass is 10.1. The van der Waals surface area contributed by atoms with Gasteiger partial charge in [-0.1, -0.05) is 6.92 Å². The maximum absolute atomic E-state index is 12.0. The Morgan fingerprint density at radius 2 is 2.12 bits per heavy atom. The van der Waals surface area contributed by atoms with Gasteiger partial charge in [-0.05, 0) is 0 Å². The van der Waals surface area contributed by atoms with Crippen LogP contribution in [-0.2, 0) is 20.2 Å². The number of aliphatic hydroxyl groups is 2. The molecule has 2 aromatic heterocycles. The van der Waals surface area contributed by atoms with Gasteiger partial charge in [-0.25, -0.2) is 14.5 Å². The molecular weight excluding hydrogens is 359 g/mol. The molecule has 1 saturated heterocycles. The summed E-state index contributed by atoms with van der Waals surface area (Å²) in [6.07, 6.45) is -3.52. The van der Waals surface area contributed by atoms with Crippen molar-refractivity contribution in [2.75, 3.05) is 6.61 Å². The Labute approximate surface area is 140 Å². The topological polar surface area (TPSA) is 180 Å². The zero-order chi connectivity index (χ0) is 18.4. The van der Waals surface area contributed by atoms with E-state index in [4.69, 9.17) is 14.5 Å². The van der Waals surface area contributed by atoms with E-state index in [9.17, 15) is 19.6 Å². The lowest BCUT2D eigenvalue weighted by Crippen LogP contribution is -2.33. The predicted octanol–water partition coefficient (Wildman–Crippen LogP) is -1.59. The van der Waals surface area contributed by atoms with Crippen molar-refractivity contribution in [3.63, 3.8) is 0 Å². The number of nitrogens with zero attached hydrogens (tertiary/aromatic N) is 3. The minimum Gasteiger partial charge on any atom is -0.387 e. The second-order valence-electron chi connectivity index (χ2n) is 5.52. The zero-order valence-corrected chi connectivity index (χ0v) is 13.9. The van der Waals surface area contributed by atoms with Crippen LogP contribution in [-0.4, -0.2) is 64.4 Å². The van der Waals surface area contributed by atoms with Crippen LogP contribution in [0.25, 0.3) is 11.2 Å². The highest BCUT2D eigenvalue weighted by molar-refractivity contribution is 7.46. The van der Waals surface area contributed by atoms with Gasteiger partial charge in [0.05, 0.1) is 12.9 Å². The predicted molar refractivity (Wildman–Crippen MR) is 81.4 cm³/mol. The molecule has 0 spiro atoms. The van der Waals surface area contributed by atoms with Crippen molar-refractivity contribution in [3.8, 4) is 0 Å². The van der Waals surface area contributed by atoms with Gasteiger partial charge in [0, 0.05) is 6.42 Å². The fourth-order valence-corrected chi connectivity index (χ4v) is 2.93. The SMILES string of the molecule is CCc1nc2c(ncn2[C@@H]2O[C@H](COP(=O)(O)O)[C@@H](O)[C@H]2O)c(=O)[nH]1. The zero-order valence-electron chi connectivity index (χ0n) is 13.0. The lowest BCUT2D eigenvalue weighted by molar-refractivity contribution is -0.0504. The molecule has 3 heterocycles. The third-order valence-electron chi connectivity index (χ3n) is 3.83. The van der Waals surface area contributed by atoms with Crippen LogP contribution >= 0.6 is 7.82 Å². The van der Waals surface area contributed by atoms with Crippen molar-refractivity contribution in [1.29, 1.82) is 0 Å². The second kappa shape index (κ2) is 6.57. The molecule has 0 bridgehead atoms. The molecule has 0 amide bonds. The minimum atomic E-state index is -4.75. The van der Waals surface area contributed by atoms with Crippen LogP contribution in [0.3, 0.4) is 0 Å². The molecule has 5 N–H and O–H groups in total. The number of fused-ring (bicyclic) bond motifs is 1. The number of phosphoric acid groups is 1. The highest BCUT2D eigenvalue weighted by atomic mass is 31.2. The smallest absolute Gasteiger partial charge is 0.387 e. The number of nitrogens with one attached hydrogen (secondary N) is 1. The van der Waals surface area contributed by atoms with Crippen LogP contribution < -0.4 is 5.56 Å². The lowest BCUT2D eigenvalue weighted by Gasteiger charge is -2.16. The van der Waals surface area contributed by atoms with Gasteiger partial charge in [0.25, 0.3) is 5.56 Å². The van der Waals surface area contributed by atoms with Crippen molar-refractivity contribution in [2.24, 2.45) is 0 Å². The average molecular weight is 376 g/mol. The number of hydrogen-bond acceptors (Lipinski definition) is 8. The fourth-order valence-electron chi connectivity index (χ4n) is 2.59.